The number of benzene rings is 1. The molecule has 10 nitrogen and oxygen atoms in total. The molecule has 1 aromatic carbocycles. The zero-order valence-electron chi connectivity index (χ0n) is 20.5. The van der Waals surface area contributed by atoms with E-state index in [4.69, 9.17) is 5.11 Å². The molecule has 2 aromatic rings. The molecule has 0 saturated heterocycles. The van der Waals surface area contributed by atoms with Gasteiger partial charge in [0.1, 0.15) is 29.4 Å². The lowest BCUT2D eigenvalue weighted by Gasteiger charge is -2.25. The smallest absolute Gasteiger partial charge is 0.271 e. The van der Waals surface area contributed by atoms with Crippen LogP contribution in [0.4, 0.5) is 0 Å². The number of rotatable bonds is 5. The fourth-order valence-corrected chi connectivity index (χ4v) is 4.93. The summed E-state index contributed by atoms with van der Waals surface area (Å²) in [5.41, 5.74) is 1.08. The summed E-state index contributed by atoms with van der Waals surface area (Å²) in [4.78, 5) is 55.3. The number of aliphatic hydroxyl groups excluding tert-OH is 1. The monoisotopic (exact) mass is 515 g/mol. The van der Waals surface area contributed by atoms with Crippen molar-refractivity contribution in [2.45, 2.75) is 57.7 Å². The standard InChI is InChI=1S/C25H33N5O5S/c1-15(2)21-25-29-19(14-36-25)24(35)28-18(12-16-8-4-3-5-9-16)22(33)26-11-7-6-10-17(23(34)30-21)27-20(32)13-31/h3-5,8-9,14-15,17-18,21,31H,6-7,10-13H2,1-2H3,(H,26,33)(H,27,32)(H,28,35)(H,30,34)/t17-,18+,21+/m0/s1. The van der Waals surface area contributed by atoms with Crippen LogP contribution in [0.3, 0.4) is 0 Å². The van der Waals surface area contributed by atoms with Gasteiger partial charge in [-0.15, -0.1) is 11.3 Å². The molecular formula is C25H33N5O5S. The van der Waals surface area contributed by atoms with Crippen LogP contribution < -0.4 is 21.3 Å². The molecule has 1 aliphatic heterocycles. The Balaban J connectivity index is 1.87. The average Bonchev–Trinajstić information content (AvgIpc) is 3.35. The van der Waals surface area contributed by atoms with Gasteiger partial charge in [0.2, 0.25) is 17.7 Å². The zero-order chi connectivity index (χ0) is 26.1. The first-order valence-corrected chi connectivity index (χ1v) is 12.9. The van der Waals surface area contributed by atoms with Crippen molar-refractivity contribution in [3.8, 4) is 0 Å². The van der Waals surface area contributed by atoms with Gasteiger partial charge in [-0.3, -0.25) is 19.2 Å². The van der Waals surface area contributed by atoms with Crippen LogP contribution in [0.1, 0.15) is 60.2 Å². The van der Waals surface area contributed by atoms with Crippen LogP contribution in [0.15, 0.2) is 35.7 Å². The largest absolute Gasteiger partial charge is 0.387 e. The van der Waals surface area contributed by atoms with Crippen molar-refractivity contribution in [2.24, 2.45) is 5.92 Å². The Kier molecular flexibility index (Phi) is 9.95. The van der Waals surface area contributed by atoms with Crippen LogP contribution in [0.25, 0.3) is 0 Å². The van der Waals surface area contributed by atoms with Crippen LogP contribution in [-0.4, -0.2) is 59.0 Å². The molecule has 4 amide bonds. The van der Waals surface area contributed by atoms with E-state index in [0.29, 0.717) is 37.2 Å². The number of carbonyl (C=O) groups is 4. The third-order valence-corrected chi connectivity index (χ3v) is 6.83. The van der Waals surface area contributed by atoms with Gasteiger partial charge in [-0.1, -0.05) is 44.2 Å². The second-order valence-corrected chi connectivity index (χ2v) is 9.97. The van der Waals surface area contributed by atoms with E-state index in [1.54, 1.807) is 5.38 Å². The predicted molar refractivity (Wildman–Crippen MR) is 135 cm³/mol. The topological polar surface area (TPSA) is 150 Å². The SMILES string of the molecule is CC(C)[C@H]1NC(=O)[C@@H](NC(=O)CO)CCCCNC(=O)[C@@H](Cc2ccccc2)NC(=O)c2csc1n2. The summed E-state index contributed by atoms with van der Waals surface area (Å²) in [5, 5.41) is 22.5. The summed E-state index contributed by atoms with van der Waals surface area (Å²) in [5.74, 6) is -1.85. The third-order valence-electron chi connectivity index (χ3n) is 5.90. The van der Waals surface area contributed by atoms with Crippen molar-refractivity contribution < 1.29 is 24.3 Å². The molecular weight excluding hydrogens is 482 g/mol. The van der Waals surface area contributed by atoms with Gasteiger partial charge in [0.05, 0.1) is 6.04 Å². The van der Waals surface area contributed by atoms with E-state index in [9.17, 15) is 19.2 Å². The number of thiazole rings is 1. The van der Waals surface area contributed by atoms with Crippen LogP contribution in [0.2, 0.25) is 0 Å². The lowest BCUT2D eigenvalue weighted by molar-refractivity contribution is -0.131. The number of carbonyl (C=O) groups excluding carboxylic acids is 4. The van der Waals surface area contributed by atoms with E-state index in [-0.39, 0.29) is 17.5 Å². The summed E-state index contributed by atoms with van der Waals surface area (Å²) in [6.07, 6.45) is 1.78. The van der Waals surface area contributed by atoms with Gasteiger partial charge in [-0.05, 0) is 30.7 Å². The Hall–Kier alpha value is -3.31. The molecule has 36 heavy (non-hydrogen) atoms. The number of nitrogens with zero attached hydrogens (tertiary/aromatic N) is 1. The molecule has 3 rings (SSSR count). The first kappa shape index (κ1) is 27.3. The fraction of sp³-hybridized carbons (Fsp3) is 0.480. The lowest BCUT2D eigenvalue weighted by Crippen LogP contribution is -2.49. The highest BCUT2D eigenvalue weighted by molar-refractivity contribution is 7.09. The molecule has 194 valence electrons. The molecule has 2 bridgehead atoms. The maximum Gasteiger partial charge on any atom is 0.271 e. The van der Waals surface area contributed by atoms with E-state index in [1.165, 1.54) is 11.3 Å². The van der Waals surface area contributed by atoms with Gasteiger partial charge in [0.15, 0.2) is 0 Å². The minimum absolute atomic E-state index is 0.0410. The quantitative estimate of drug-likeness (QED) is 0.402. The maximum atomic E-state index is 13.0. The summed E-state index contributed by atoms with van der Waals surface area (Å²) in [7, 11) is 0. The van der Waals surface area contributed by atoms with Gasteiger partial charge < -0.3 is 26.4 Å². The molecule has 3 atom stereocenters. The first-order chi connectivity index (χ1) is 17.3. The second kappa shape index (κ2) is 13.1. The summed E-state index contributed by atoms with van der Waals surface area (Å²) in [6, 6.07) is 7.34. The Morgan fingerprint density at radius 2 is 1.89 bits per heavy atom. The molecule has 1 aromatic heterocycles. The molecule has 0 spiro atoms. The fourth-order valence-electron chi connectivity index (χ4n) is 3.91. The highest BCUT2D eigenvalue weighted by Crippen LogP contribution is 2.25. The van der Waals surface area contributed by atoms with Crippen LogP contribution in [0, 0.1) is 5.92 Å². The number of aromatic nitrogens is 1. The highest BCUT2D eigenvalue weighted by Gasteiger charge is 2.29. The number of fused-ring (bicyclic) bond motifs is 2. The van der Waals surface area contributed by atoms with Crippen molar-refractivity contribution in [1.82, 2.24) is 26.3 Å². The zero-order valence-corrected chi connectivity index (χ0v) is 21.3. The Morgan fingerprint density at radius 1 is 1.14 bits per heavy atom. The Labute approximate surface area is 214 Å². The summed E-state index contributed by atoms with van der Waals surface area (Å²) in [6.45, 7) is 3.47. The second-order valence-electron chi connectivity index (χ2n) is 9.08. The van der Waals surface area contributed by atoms with E-state index >= 15 is 0 Å². The number of nitrogens with one attached hydrogen (secondary N) is 4. The molecule has 0 unspecified atom stereocenters. The van der Waals surface area contributed by atoms with Crippen molar-refractivity contribution >= 4 is 35.0 Å². The normalized spacial score (nSPS) is 21.9. The minimum atomic E-state index is -0.844. The molecule has 5 N–H and O–H groups in total. The number of hydrogen-bond acceptors (Lipinski definition) is 7. The third kappa shape index (κ3) is 7.59. The van der Waals surface area contributed by atoms with Gasteiger partial charge in [0, 0.05) is 18.3 Å². The average molecular weight is 516 g/mol. The molecule has 11 heteroatoms. The lowest BCUT2D eigenvalue weighted by atomic mass is 10.0. The van der Waals surface area contributed by atoms with Crippen molar-refractivity contribution in [3.05, 3.63) is 52.0 Å². The van der Waals surface area contributed by atoms with E-state index in [1.807, 2.05) is 44.2 Å². The van der Waals surface area contributed by atoms with Crippen LogP contribution in [0.5, 0.6) is 0 Å². The summed E-state index contributed by atoms with van der Waals surface area (Å²) >= 11 is 1.24. The van der Waals surface area contributed by atoms with Gasteiger partial charge in [-0.25, -0.2) is 4.98 Å². The van der Waals surface area contributed by atoms with Crippen LogP contribution in [-0.2, 0) is 20.8 Å². The first-order valence-electron chi connectivity index (χ1n) is 12.1. The summed E-state index contributed by atoms with van der Waals surface area (Å²) < 4.78 is 0. The Bertz CT molecular complexity index is 1060. The molecule has 0 saturated carbocycles. The molecule has 2 heterocycles. The van der Waals surface area contributed by atoms with E-state index < -0.39 is 42.5 Å². The minimum Gasteiger partial charge on any atom is -0.387 e. The van der Waals surface area contributed by atoms with E-state index in [0.717, 1.165) is 5.56 Å². The molecule has 0 fully saturated rings. The highest BCUT2D eigenvalue weighted by atomic mass is 32.1. The maximum absolute atomic E-state index is 13.0. The Morgan fingerprint density at radius 3 is 2.58 bits per heavy atom. The van der Waals surface area contributed by atoms with Crippen molar-refractivity contribution in [3.63, 3.8) is 0 Å². The number of amides is 4. The van der Waals surface area contributed by atoms with Gasteiger partial charge in [0.25, 0.3) is 5.91 Å². The predicted octanol–water partition coefficient (Wildman–Crippen LogP) is 1.07. The number of hydrogen-bond donors (Lipinski definition) is 5. The molecule has 1 aliphatic rings. The molecule has 0 radical (unpaired) electrons. The van der Waals surface area contributed by atoms with E-state index in [2.05, 4.69) is 26.3 Å². The van der Waals surface area contributed by atoms with Crippen molar-refractivity contribution in [1.29, 1.82) is 0 Å². The van der Waals surface area contributed by atoms with Gasteiger partial charge in [-0.2, -0.15) is 0 Å². The molecule has 0 aliphatic carbocycles. The van der Waals surface area contributed by atoms with Gasteiger partial charge >= 0.3 is 0 Å². The van der Waals surface area contributed by atoms with Crippen molar-refractivity contribution in [2.75, 3.05) is 13.2 Å². The van der Waals surface area contributed by atoms with Crippen LogP contribution >= 0.6 is 11.3 Å². The number of aliphatic hydroxyl groups is 1.